The second-order valence-electron chi connectivity index (χ2n) is 1.58. The van der Waals surface area contributed by atoms with Crippen LogP contribution in [0.3, 0.4) is 0 Å². The van der Waals surface area contributed by atoms with Gasteiger partial charge in [0.15, 0.2) is 8.15 Å². The molecule has 0 aromatic heterocycles. The van der Waals surface area contributed by atoms with Gasteiger partial charge in [-0.25, -0.2) is 0 Å². The van der Waals surface area contributed by atoms with E-state index in [-0.39, 0.29) is 21.5 Å². The van der Waals surface area contributed by atoms with Crippen molar-refractivity contribution in [2.45, 2.75) is 0 Å². The van der Waals surface area contributed by atoms with Gasteiger partial charge in [-0.1, -0.05) is 0 Å². The quantitative estimate of drug-likeness (QED) is 0.540. The van der Waals surface area contributed by atoms with Crippen molar-refractivity contribution < 1.29 is 4.57 Å². The van der Waals surface area contributed by atoms with Gasteiger partial charge in [0.05, 0.1) is 0 Å². The molecule has 52 valence electrons. The Labute approximate surface area is 66.6 Å². The molecule has 0 N–H and O–H groups in total. The van der Waals surface area contributed by atoms with E-state index in [4.69, 9.17) is 0 Å². The van der Waals surface area contributed by atoms with Crippen LogP contribution in [0.25, 0.3) is 0 Å². The third-order valence-corrected chi connectivity index (χ3v) is 28.4. The van der Waals surface area contributed by atoms with E-state index >= 15 is 0 Å². The minimum atomic E-state index is -0.204. The van der Waals surface area contributed by atoms with Gasteiger partial charge in [-0.3, -0.25) is 4.57 Å². The molecule has 8 heteroatoms. The van der Waals surface area contributed by atoms with Crippen molar-refractivity contribution in [1.82, 2.24) is 0 Å². The molecule has 0 aliphatic heterocycles. The molecule has 0 radical (unpaired) electrons. The first-order valence-corrected chi connectivity index (χ1v) is 13.3. The second-order valence-corrected chi connectivity index (χ2v) is 23.2. The summed E-state index contributed by atoms with van der Waals surface area (Å²) in [6, 6.07) is 0. The van der Waals surface area contributed by atoms with E-state index < -0.39 is 0 Å². The van der Waals surface area contributed by atoms with E-state index in [1.54, 1.807) is 0 Å². The molecule has 0 rings (SSSR count). The van der Waals surface area contributed by atoms with Crippen LogP contribution < -0.4 is 0 Å². The van der Waals surface area contributed by atoms with Crippen LogP contribution in [0.1, 0.15) is 0 Å². The smallest absolute Gasteiger partial charge is 0.190 e. The van der Waals surface area contributed by atoms with Crippen LogP contribution in [0, 0.1) is 0 Å². The van der Waals surface area contributed by atoms with Crippen LogP contribution in [0.5, 0.6) is 0 Å². The van der Waals surface area contributed by atoms with Gasteiger partial charge < -0.3 is 0 Å². The van der Waals surface area contributed by atoms with Gasteiger partial charge in [0.25, 0.3) is 0 Å². The molecule has 1 nitrogen and oxygen atoms in total. The Bertz CT molecular complexity index is 85.1. The second kappa shape index (κ2) is 5.90. The van der Waals surface area contributed by atoms with Gasteiger partial charge in [-0.2, -0.15) is 0 Å². The van der Waals surface area contributed by atoms with Gasteiger partial charge in [0.2, 0.25) is 0 Å². The van der Waals surface area contributed by atoms with Crippen LogP contribution in [0.15, 0.2) is 0 Å². The monoisotopic (exact) mass is 234 g/mol. The van der Waals surface area contributed by atoms with Crippen LogP contribution in [0.4, 0.5) is 0 Å². The summed E-state index contributed by atoms with van der Waals surface area (Å²) in [7, 11) is 8.10. The lowest BCUT2D eigenvalue weighted by molar-refractivity contribution is 0.605. The van der Waals surface area contributed by atoms with Crippen molar-refractivity contribution in [2.75, 3.05) is 6.66 Å². The highest BCUT2D eigenvalue weighted by Crippen LogP contribution is 2.95. The summed E-state index contributed by atoms with van der Waals surface area (Å²) in [5.41, 5.74) is 0. The highest BCUT2D eigenvalue weighted by molar-refractivity contribution is 8.98. The maximum atomic E-state index is 10.5. The molecule has 0 spiro atoms. The van der Waals surface area contributed by atoms with Crippen LogP contribution >= 0.6 is 47.5 Å². The lowest BCUT2D eigenvalue weighted by Crippen LogP contribution is -1.54. The first-order chi connectivity index (χ1) is 4.09. The van der Waals surface area contributed by atoms with Gasteiger partial charge >= 0.3 is 0 Å². The zero-order chi connectivity index (χ0) is 7.44. The molecule has 0 fully saturated rings. The lowest BCUT2D eigenvalue weighted by atomic mass is 10.8. The van der Waals surface area contributed by atoms with Crippen molar-refractivity contribution in [3.05, 3.63) is 0 Å². The van der Waals surface area contributed by atoms with E-state index in [0.29, 0.717) is 8.15 Å². The fourth-order valence-corrected chi connectivity index (χ4v) is 22.1. The van der Waals surface area contributed by atoms with Gasteiger partial charge in [0, 0.05) is 6.99 Å². The SMILES string of the molecule is BP(C)P(P=O)P(P)P. The summed E-state index contributed by atoms with van der Waals surface area (Å²) in [4.78, 5) is 0. The molecular weight excluding hydrogens is 225 g/mol. The van der Waals surface area contributed by atoms with E-state index in [9.17, 15) is 4.57 Å². The molecule has 0 amide bonds. The Kier molecular flexibility index (Phi) is 7.42. The minimum absolute atomic E-state index is 0.0237. The van der Waals surface area contributed by atoms with Crippen LogP contribution in [-0.4, -0.2) is 14.2 Å². The predicted molar refractivity (Wildman–Crippen MR) is 62.3 cm³/mol. The largest absolute Gasteiger partial charge is 0.269 e. The Morgan fingerprint density at radius 1 is 1.56 bits per heavy atom. The first kappa shape index (κ1) is 11.3. The summed E-state index contributed by atoms with van der Waals surface area (Å²) in [5, 5.41) is 0. The third-order valence-electron chi connectivity index (χ3n) is 0.637. The zero-order valence-corrected chi connectivity index (χ0v) is 11.2. The van der Waals surface area contributed by atoms with Crippen LogP contribution in [-0.2, 0) is 4.57 Å². The Balaban J connectivity index is 3.82. The molecule has 0 aliphatic carbocycles. The van der Waals surface area contributed by atoms with Gasteiger partial charge in [-0.15, -0.1) is 25.3 Å². The summed E-state index contributed by atoms with van der Waals surface area (Å²) in [5.74, 6) is 0. The minimum Gasteiger partial charge on any atom is -0.269 e. The molecule has 0 aromatic rings. The topological polar surface area (TPSA) is 17.1 Å². The Morgan fingerprint density at radius 2 is 2.00 bits per heavy atom. The molecule has 0 heterocycles. The van der Waals surface area contributed by atoms with Crippen molar-refractivity contribution in [2.24, 2.45) is 0 Å². The normalized spacial score (nSPS) is 18.2. The number of hydrogen-bond donors (Lipinski definition) is 0. The van der Waals surface area contributed by atoms with Crippen LogP contribution in [0.2, 0.25) is 0 Å². The summed E-state index contributed by atoms with van der Waals surface area (Å²) < 4.78 is 10.5. The fraction of sp³-hybridized carbons (Fsp3) is 1.00. The summed E-state index contributed by atoms with van der Waals surface area (Å²) >= 11 is 0. The number of hydrogen-bond acceptors (Lipinski definition) is 1. The lowest BCUT2D eigenvalue weighted by Gasteiger charge is -2.16. The summed E-state index contributed by atoms with van der Waals surface area (Å²) in [6.07, 6.45) is 0. The highest BCUT2D eigenvalue weighted by Gasteiger charge is 2.15. The predicted octanol–water partition coefficient (Wildman–Crippen LogP) is 3.23. The Hall–Kier alpha value is 2.31. The standard InChI is InChI=1S/CH9BOP6/c1-7(2)9(6-3)8(4)5/h2,4-5H2,1H3. The molecule has 0 saturated carbocycles. The van der Waals surface area contributed by atoms with Gasteiger partial charge in [0.1, 0.15) is 7.57 Å². The van der Waals surface area contributed by atoms with E-state index in [1.807, 2.05) is 0 Å². The first-order valence-electron chi connectivity index (χ1n) is 2.19. The molecule has 4 unspecified atom stereocenters. The molecule has 9 heavy (non-hydrogen) atoms. The van der Waals surface area contributed by atoms with Gasteiger partial charge in [-0.05, 0) is 13.7 Å². The molecular formula is CH9BOP6. The third kappa shape index (κ3) is 4.70. The molecule has 0 aromatic carbocycles. The van der Waals surface area contributed by atoms with Crippen molar-refractivity contribution >= 4 is 55.0 Å². The zero-order valence-electron chi connectivity index (χ0n) is 5.35. The van der Waals surface area contributed by atoms with Crippen molar-refractivity contribution in [3.63, 3.8) is 0 Å². The average molecular weight is 234 g/mol. The number of rotatable bonds is 3. The molecule has 4 atom stereocenters. The van der Waals surface area contributed by atoms with E-state index in [0.717, 1.165) is 0 Å². The van der Waals surface area contributed by atoms with Crippen molar-refractivity contribution in [1.29, 1.82) is 0 Å². The molecule has 0 saturated heterocycles. The maximum absolute atomic E-state index is 10.5. The average Bonchev–Trinajstić information content (AvgIpc) is 1.64. The summed E-state index contributed by atoms with van der Waals surface area (Å²) in [6.45, 7) is 1.88. The Morgan fingerprint density at radius 3 is 2.00 bits per heavy atom. The molecule has 0 aliphatic rings. The maximum Gasteiger partial charge on any atom is 0.190 e. The highest BCUT2D eigenvalue weighted by atomic mass is 33.0. The fourth-order valence-electron chi connectivity index (χ4n) is 0.322. The van der Waals surface area contributed by atoms with E-state index in [1.165, 1.54) is 0 Å². The molecule has 0 bridgehead atoms. The van der Waals surface area contributed by atoms with E-state index in [2.05, 4.69) is 32.1 Å². The van der Waals surface area contributed by atoms with Crippen molar-refractivity contribution in [3.8, 4) is 0 Å².